The molecular formula is C16H18FN3OS. The van der Waals surface area contributed by atoms with Crippen molar-refractivity contribution in [1.82, 2.24) is 15.2 Å². The summed E-state index contributed by atoms with van der Waals surface area (Å²) in [6.07, 6.45) is 1.03. The molecular weight excluding hydrogens is 301 g/mol. The average Bonchev–Trinajstić information content (AvgIpc) is 3.17. The van der Waals surface area contributed by atoms with Crippen LogP contribution >= 0.6 is 11.3 Å². The molecule has 1 N–H and O–H groups in total. The molecule has 2 heterocycles. The summed E-state index contributed by atoms with van der Waals surface area (Å²) in [6.45, 7) is 2.50. The number of rotatable bonds is 4. The molecule has 1 atom stereocenters. The van der Waals surface area contributed by atoms with Crippen molar-refractivity contribution in [2.45, 2.75) is 6.42 Å². The van der Waals surface area contributed by atoms with Crippen LogP contribution in [0.1, 0.15) is 16.9 Å². The Bertz CT molecular complexity index is 656. The fourth-order valence-electron chi connectivity index (χ4n) is 2.73. The zero-order chi connectivity index (χ0) is 15.5. The molecule has 0 spiro atoms. The molecule has 116 valence electrons. The van der Waals surface area contributed by atoms with Gasteiger partial charge in [-0.25, -0.2) is 9.37 Å². The number of likely N-dealkylation sites (tertiary alicyclic amines) is 1. The highest BCUT2D eigenvalue weighted by Crippen LogP contribution is 2.25. The summed E-state index contributed by atoms with van der Waals surface area (Å²) in [5.74, 6) is 0.233. The summed E-state index contributed by atoms with van der Waals surface area (Å²) >= 11 is 1.41. The van der Waals surface area contributed by atoms with Crippen LogP contribution in [0.25, 0.3) is 10.6 Å². The van der Waals surface area contributed by atoms with E-state index in [4.69, 9.17) is 0 Å². The minimum Gasteiger partial charge on any atom is -0.337 e. The van der Waals surface area contributed by atoms with Crippen LogP contribution in [0, 0.1) is 11.7 Å². The second-order valence-corrected chi connectivity index (χ2v) is 6.37. The van der Waals surface area contributed by atoms with Crippen molar-refractivity contribution in [2.24, 2.45) is 5.92 Å². The zero-order valence-electron chi connectivity index (χ0n) is 12.4. The quantitative estimate of drug-likeness (QED) is 0.942. The minimum absolute atomic E-state index is 0.0109. The molecule has 2 aromatic rings. The third-order valence-electron chi connectivity index (χ3n) is 3.88. The molecule has 1 aliphatic heterocycles. The fraction of sp³-hybridized carbons (Fsp3) is 0.375. The van der Waals surface area contributed by atoms with Crippen LogP contribution in [0.3, 0.4) is 0 Å². The predicted octanol–water partition coefficient (Wildman–Crippen LogP) is 2.63. The molecule has 3 rings (SSSR count). The number of hydrogen-bond donors (Lipinski definition) is 1. The van der Waals surface area contributed by atoms with Crippen LogP contribution in [-0.4, -0.2) is 42.5 Å². The first-order chi connectivity index (χ1) is 10.7. The van der Waals surface area contributed by atoms with Crippen molar-refractivity contribution in [2.75, 3.05) is 26.7 Å². The SMILES string of the molecule is CNCC1CCN(C(=O)c2csc(-c3ccc(F)cc3)n2)C1. The molecule has 1 amide bonds. The van der Waals surface area contributed by atoms with Gasteiger partial charge in [-0.2, -0.15) is 0 Å². The number of halogens is 1. The number of carbonyl (C=O) groups excluding carboxylic acids is 1. The number of hydrogen-bond acceptors (Lipinski definition) is 4. The number of amides is 1. The fourth-order valence-corrected chi connectivity index (χ4v) is 3.53. The highest BCUT2D eigenvalue weighted by atomic mass is 32.1. The van der Waals surface area contributed by atoms with E-state index in [1.807, 2.05) is 11.9 Å². The maximum Gasteiger partial charge on any atom is 0.273 e. The van der Waals surface area contributed by atoms with Gasteiger partial charge in [0.2, 0.25) is 0 Å². The lowest BCUT2D eigenvalue weighted by molar-refractivity contribution is 0.0782. The summed E-state index contributed by atoms with van der Waals surface area (Å²) in [4.78, 5) is 18.8. The molecule has 6 heteroatoms. The van der Waals surface area contributed by atoms with Crippen LogP contribution < -0.4 is 5.32 Å². The maximum absolute atomic E-state index is 13.0. The topological polar surface area (TPSA) is 45.2 Å². The molecule has 1 saturated heterocycles. The van der Waals surface area contributed by atoms with Gasteiger partial charge in [0.1, 0.15) is 16.5 Å². The van der Waals surface area contributed by atoms with Crippen LogP contribution in [0.4, 0.5) is 4.39 Å². The molecule has 0 radical (unpaired) electrons. The van der Waals surface area contributed by atoms with Gasteiger partial charge in [0.25, 0.3) is 5.91 Å². The monoisotopic (exact) mass is 319 g/mol. The molecule has 1 fully saturated rings. The molecule has 1 aliphatic rings. The van der Waals surface area contributed by atoms with Gasteiger partial charge in [-0.1, -0.05) is 0 Å². The van der Waals surface area contributed by atoms with Gasteiger partial charge in [-0.3, -0.25) is 4.79 Å². The third kappa shape index (κ3) is 3.18. The van der Waals surface area contributed by atoms with Crippen molar-refractivity contribution in [3.8, 4) is 10.6 Å². The molecule has 1 aromatic carbocycles. The molecule has 1 aromatic heterocycles. The van der Waals surface area contributed by atoms with E-state index in [1.54, 1.807) is 17.5 Å². The van der Waals surface area contributed by atoms with Crippen molar-refractivity contribution < 1.29 is 9.18 Å². The lowest BCUT2D eigenvalue weighted by Gasteiger charge is -2.15. The number of nitrogens with one attached hydrogen (secondary N) is 1. The second kappa shape index (κ2) is 6.54. The number of nitrogens with zero attached hydrogens (tertiary/aromatic N) is 2. The Morgan fingerprint density at radius 1 is 1.45 bits per heavy atom. The van der Waals surface area contributed by atoms with E-state index in [9.17, 15) is 9.18 Å². The lowest BCUT2D eigenvalue weighted by Crippen LogP contribution is -2.30. The smallest absolute Gasteiger partial charge is 0.273 e. The maximum atomic E-state index is 13.0. The van der Waals surface area contributed by atoms with Gasteiger partial charge in [0.05, 0.1) is 0 Å². The Kier molecular flexibility index (Phi) is 4.49. The van der Waals surface area contributed by atoms with Gasteiger partial charge in [0, 0.05) is 24.0 Å². The Morgan fingerprint density at radius 2 is 2.23 bits per heavy atom. The highest BCUT2D eigenvalue weighted by Gasteiger charge is 2.27. The second-order valence-electron chi connectivity index (χ2n) is 5.51. The molecule has 0 bridgehead atoms. The van der Waals surface area contributed by atoms with Crippen molar-refractivity contribution in [3.05, 3.63) is 41.2 Å². The number of benzene rings is 1. The van der Waals surface area contributed by atoms with Gasteiger partial charge >= 0.3 is 0 Å². The summed E-state index contributed by atoms with van der Waals surface area (Å²) in [7, 11) is 1.93. The van der Waals surface area contributed by atoms with Crippen LogP contribution in [-0.2, 0) is 0 Å². The van der Waals surface area contributed by atoms with Crippen LogP contribution in [0.2, 0.25) is 0 Å². The van der Waals surface area contributed by atoms with E-state index >= 15 is 0 Å². The van der Waals surface area contributed by atoms with Gasteiger partial charge in [0.15, 0.2) is 0 Å². The van der Waals surface area contributed by atoms with Crippen LogP contribution in [0.15, 0.2) is 29.6 Å². The Labute approximate surface area is 133 Å². The van der Waals surface area contributed by atoms with Crippen molar-refractivity contribution in [1.29, 1.82) is 0 Å². The van der Waals surface area contributed by atoms with Crippen LogP contribution in [0.5, 0.6) is 0 Å². The number of aromatic nitrogens is 1. The first-order valence-electron chi connectivity index (χ1n) is 7.32. The minimum atomic E-state index is -0.274. The van der Waals surface area contributed by atoms with Gasteiger partial charge in [-0.15, -0.1) is 11.3 Å². The lowest BCUT2D eigenvalue weighted by atomic mass is 10.1. The first kappa shape index (κ1) is 15.1. The first-order valence-corrected chi connectivity index (χ1v) is 8.20. The Hall–Kier alpha value is -1.79. The Balaban J connectivity index is 1.71. The van der Waals surface area contributed by atoms with E-state index in [0.717, 1.165) is 36.6 Å². The predicted molar refractivity (Wildman–Crippen MR) is 85.4 cm³/mol. The molecule has 0 saturated carbocycles. The summed E-state index contributed by atoms with van der Waals surface area (Å²) < 4.78 is 13.0. The summed E-state index contributed by atoms with van der Waals surface area (Å²) in [6, 6.07) is 6.17. The largest absolute Gasteiger partial charge is 0.337 e. The standard InChI is InChI=1S/C16H18FN3OS/c1-18-8-11-6-7-20(9-11)16(21)14-10-22-15(19-14)12-2-4-13(17)5-3-12/h2-5,10-11,18H,6-9H2,1H3. The third-order valence-corrected chi connectivity index (χ3v) is 4.77. The van der Waals surface area contributed by atoms with Gasteiger partial charge < -0.3 is 10.2 Å². The number of thiazole rings is 1. The van der Waals surface area contributed by atoms with E-state index in [2.05, 4.69) is 10.3 Å². The summed E-state index contributed by atoms with van der Waals surface area (Å²) in [5.41, 5.74) is 1.31. The Morgan fingerprint density at radius 3 is 2.95 bits per heavy atom. The number of carbonyl (C=O) groups is 1. The normalized spacial score (nSPS) is 17.9. The van der Waals surface area contributed by atoms with E-state index in [-0.39, 0.29) is 11.7 Å². The summed E-state index contributed by atoms with van der Waals surface area (Å²) in [5, 5.41) is 5.69. The van der Waals surface area contributed by atoms with Gasteiger partial charge in [-0.05, 0) is 50.2 Å². The van der Waals surface area contributed by atoms with E-state index < -0.39 is 0 Å². The molecule has 1 unspecified atom stereocenters. The van der Waals surface area contributed by atoms with E-state index in [0.29, 0.717) is 11.6 Å². The zero-order valence-corrected chi connectivity index (χ0v) is 13.2. The molecule has 0 aliphatic carbocycles. The van der Waals surface area contributed by atoms with Crippen molar-refractivity contribution in [3.63, 3.8) is 0 Å². The highest BCUT2D eigenvalue weighted by molar-refractivity contribution is 7.13. The van der Waals surface area contributed by atoms with Crippen molar-refractivity contribution >= 4 is 17.2 Å². The van der Waals surface area contributed by atoms with E-state index in [1.165, 1.54) is 23.5 Å². The molecule has 4 nitrogen and oxygen atoms in total. The molecule has 22 heavy (non-hydrogen) atoms. The average molecular weight is 319 g/mol.